The molecule has 0 aliphatic carbocycles. The molecule has 0 saturated carbocycles. The van der Waals surface area contributed by atoms with Gasteiger partial charge in [-0.15, -0.1) is 0 Å². The average Bonchev–Trinajstić information content (AvgIpc) is 1.67. The molecule has 0 spiro atoms. The Hall–Kier alpha value is 0. The number of hydrogen-bond acceptors (Lipinski definition) is 2. The van der Waals surface area contributed by atoms with E-state index in [0.717, 1.165) is 0 Å². The van der Waals surface area contributed by atoms with Crippen LogP contribution < -0.4 is 0 Å². The van der Waals surface area contributed by atoms with Gasteiger partial charge in [-0.05, 0) is 11.4 Å². The molecule has 0 amide bonds. The molecule has 0 fully saturated rings. The van der Waals surface area contributed by atoms with Crippen LogP contribution in [-0.4, -0.2) is 22.3 Å². The topological polar surface area (TPSA) is 46.5 Å². The molecule has 4 heteroatoms. The van der Waals surface area contributed by atoms with Crippen LogP contribution in [0, 0.1) is 0 Å². The summed E-state index contributed by atoms with van der Waals surface area (Å²) in [7, 11) is 0. The van der Waals surface area contributed by atoms with E-state index in [1.165, 1.54) is 4.43 Å². The largest absolute Gasteiger partial charge is 0.505 e. The van der Waals surface area contributed by atoms with Crippen molar-refractivity contribution in [3.8, 4) is 0 Å². The monoisotopic (exact) mass is 246 g/mol. The molecule has 0 aliphatic heterocycles. The van der Waals surface area contributed by atoms with Crippen LogP contribution in [0.3, 0.4) is 0 Å². The second-order valence-corrected chi connectivity index (χ2v) is 2.49. The number of carbonyl (C=O) groups is 1. The molecule has 1 N–H and O–H groups in total. The van der Waals surface area contributed by atoms with Crippen LogP contribution in [-0.2, 0) is 4.74 Å². The van der Waals surface area contributed by atoms with E-state index in [4.69, 9.17) is 5.11 Å². The molecule has 3 nitrogen and oxygen atoms in total. The van der Waals surface area contributed by atoms with Crippen LogP contribution in [0.15, 0.2) is 0 Å². The minimum atomic E-state index is -1.21. The Morgan fingerprint density at radius 1 is 1.67 bits per heavy atom. The molecule has 0 aromatic rings. The molecule has 0 aromatic carbocycles. The first-order valence-electron chi connectivity index (χ1n) is 2.60. The van der Waals surface area contributed by atoms with E-state index in [-0.39, 0.29) is 6.61 Å². The van der Waals surface area contributed by atoms with Gasteiger partial charge in [0.05, 0.1) is 6.61 Å². The Morgan fingerprint density at radius 3 is 2.00 bits per heavy atom. The van der Waals surface area contributed by atoms with Gasteiger partial charge in [-0.25, -0.2) is 4.79 Å². The lowest BCUT2D eigenvalue weighted by atomic mass is 10.9. The molecule has 0 atom stereocenters. The van der Waals surface area contributed by atoms with Crippen LogP contribution in [0.25, 0.3) is 0 Å². The van der Waals surface area contributed by atoms with Crippen molar-refractivity contribution in [2.24, 2.45) is 0 Å². The van der Waals surface area contributed by atoms with E-state index >= 15 is 0 Å². The predicted octanol–water partition coefficient (Wildman–Crippen LogP) is 2.14. The van der Waals surface area contributed by atoms with E-state index in [0.29, 0.717) is 0 Å². The summed E-state index contributed by atoms with van der Waals surface area (Å²) < 4.78 is 5.18. The molecule has 0 unspecified atom stereocenters. The predicted molar refractivity (Wildman–Crippen MR) is 44.2 cm³/mol. The third-order valence-corrected chi connectivity index (χ3v) is 0.268. The lowest BCUT2D eigenvalue weighted by molar-refractivity contribution is 0.0966. The van der Waals surface area contributed by atoms with Crippen LogP contribution in [0.4, 0.5) is 4.79 Å². The number of halogens is 1. The van der Waals surface area contributed by atoms with Gasteiger partial charge >= 0.3 is 6.16 Å². The van der Waals surface area contributed by atoms with Crippen molar-refractivity contribution in [3.63, 3.8) is 0 Å². The third-order valence-electron chi connectivity index (χ3n) is 0.268. The van der Waals surface area contributed by atoms with Gasteiger partial charge in [0.1, 0.15) is 0 Å². The van der Waals surface area contributed by atoms with Gasteiger partial charge in [-0.3, -0.25) is 0 Å². The van der Waals surface area contributed by atoms with Crippen molar-refractivity contribution >= 4 is 28.7 Å². The van der Waals surface area contributed by atoms with Crippen LogP contribution in [0.2, 0.25) is 0 Å². The Morgan fingerprint density at radius 2 is 2.00 bits per heavy atom. The molecule has 9 heavy (non-hydrogen) atoms. The molecule has 0 heterocycles. The number of alkyl halides is 1. The Balaban J connectivity index is 0. The standard InChI is InChI=1S/C3H6O3.C2H5I/c1-2-6-3(4)5;1-2-3/h2H2,1H3,(H,4,5);2H2,1H3. The SMILES string of the molecule is CCI.CCOC(=O)O. The summed E-state index contributed by atoms with van der Waals surface area (Å²) in [4.78, 5) is 9.38. The molecular weight excluding hydrogens is 235 g/mol. The van der Waals surface area contributed by atoms with E-state index in [1.807, 2.05) is 0 Å². The second-order valence-electron chi connectivity index (χ2n) is 0.966. The fourth-order valence-electron chi connectivity index (χ4n) is 0.123. The number of carboxylic acid groups (broad SMARTS) is 1. The normalized spacial score (nSPS) is 7.00. The fourth-order valence-corrected chi connectivity index (χ4v) is 0.123. The Labute approximate surface area is 68.5 Å². The van der Waals surface area contributed by atoms with Crippen molar-refractivity contribution in [3.05, 3.63) is 0 Å². The van der Waals surface area contributed by atoms with E-state index in [9.17, 15) is 4.79 Å². The zero-order valence-corrected chi connectivity index (χ0v) is 7.71. The van der Waals surface area contributed by atoms with Gasteiger partial charge in [-0.1, -0.05) is 29.5 Å². The lowest BCUT2D eigenvalue weighted by Crippen LogP contribution is -1.97. The van der Waals surface area contributed by atoms with Gasteiger partial charge in [0.25, 0.3) is 0 Å². The smallest absolute Gasteiger partial charge is 0.450 e. The van der Waals surface area contributed by atoms with Crippen molar-refractivity contribution in [2.45, 2.75) is 13.8 Å². The van der Waals surface area contributed by atoms with Crippen molar-refractivity contribution in [2.75, 3.05) is 11.0 Å². The van der Waals surface area contributed by atoms with E-state index in [2.05, 4.69) is 34.3 Å². The van der Waals surface area contributed by atoms with Crippen LogP contribution >= 0.6 is 22.6 Å². The molecule has 0 radical (unpaired) electrons. The van der Waals surface area contributed by atoms with Gasteiger partial charge in [0.2, 0.25) is 0 Å². The first kappa shape index (κ1) is 11.8. The van der Waals surface area contributed by atoms with E-state index < -0.39 is 6.16 Å². The second kappa shape index (κ2) is 10.9. The zero-order valence-electron chi connectivity index (χ0n) is 5.56. The van der Waals surface area contributed by atoms with E-state index in [1.54, 1.807) is 6.92 Å². The van der Waals surface area contributed by atoms with Crippen molar-refractivity contribution < 1.29 is 14.6 Å². The minimum Gasteiger partial charge on any atom is -0.450 e. The first-order chi connectivity index (χ1) is 4.18. The summed E-state index contributed by atoms with van der Waals surface area (Å²) in [6.07, 6.45) is -1.21. The third kappa shape index (κ3) is 32.0. The van der Waals surface area contributed by atoms with Gasteiger partial charge < -0.3 is 9.84 Å². The highest BCUT2D eigenvalue weighted by Gasteiger charge is 1.86. The summed E-state index contributed by atoms with van der Waals surface area (Å²) in [5.41, 5.74) is 0. The maximum absolute atomic E-state index is 9.38. The quantitative estimate of drug-likeness (QED) is 0.438. The highest BCUT2D eigenvalue weighted by molar-refractivity contribution is 14.1. The summed E-state index contributed by atoms with van der Waals surface area (Å²) >= 11 is 2.29. The minimum absolute atomic E-state index is 0.231. The van der Waals surface area contributed by atoms with Gasteiger partial charge in [0, 0.05) is 0 Å². The van der Waals surface area contributed by atoms with Crippen molar-refractivity contribution in [1.82, 2.24) is 0 Å². The molecule has 0 saturated heterocycles. The average molecular weight is 246 g/mol. The maximum atomic E-state index is 9.38. The van der Waals surface area contributed by atoms with Crippen LogP contribution in [0.1, 0.15) is 13.8 Å². The fraction of sp³-hybridized carbons (Fsp3) is 0.800. The number of rotatable bonds is 1. The van der Waals surface area contributed by atoms with Gasteiger partial charge in [0.15, 0.2) is 0 Å². The molecule has 0 aliphatic rings. The highest BCUT2D eigenvalue weighted by Crippen LogP contribution is 1.69. The molecule has 0 aromatic heterocycles. The zero-order chi connectivity index (χ0) is 7.70. The van der Waals surface area contributed by atoms with Crippen LogP contribution in [0.5, 0.6) is 0 Å². The summed E-state index contributed by atoms with van der Waals surface area (Å²) in [6.45, 7) is 3.96. The highest BCUT2D eigenvalue weighted by atomic mass is 127. The summed E-state index contributed by atoms with van der Waals surface area (Å²) in [5.74, 6) is 0. The summed E-state index contributed by atoms with van der Waals surface area (Å²) in [5, 5.41) is 7.69. The number of hydrogen-bond donors (Lipinski definition) is 1. The molecule has 0 bridgehead atoms. The maximum Gasteiger partial charge on any atom is 0.505 e. The number of ether oxygens (including phenoxy) is 1. The lowest BCUT2D eigenvalue weighted by Gasteiger charge is -1.87. The molecular formula is C5H11IO3. The molecule has 56 valence electrons. The Kier molecular flexibility index (Phi) is 14.2. The first-order valence-corrected chi connectivity index (χ1v) is 4.13. The molecule has 0 rings (SSSR count). The van der Waals surface area contributed by atoms with Crippen molar-refractivity contribution in [1.29, 1.82) is 0 Å². The summed E-state index contributed by atoms with van der Waals surface area (Å²) in [6, 6.07) is 0. The Bertz CT molecular complexity index is 65.2. The van der Waals surface area contributed by atoms with Gasteiger partial charge in [-0.2, -0.15) is 0 Å².